The van der Waals surface area contributed by atoms with Crippen LogP contribution in [0.25, 0.3) is 0 Å². The SMILES string of the molecule is Cc1ccc(C2=NNC(c3cccnc3)=Nc3ccccc32)cc1. The Morgan fingerprint density at radius 3 is 2.46 bits per heavy atom. The maximum absolute atomic E-state index is 4.75. The van der Waals surface area contributed by atoms with E-state index < -0.39 is 0 Å². The van der Waals surface area contributed by atoms with Gasteiger partial charge in [-0.15, -0.1) is 0 Å². The molecule has 2 heterocycles. The predicted molar refractivity (Wildman–Crippen MR) is 96.8 cm³/mol. The lowest BCUT2D eigenvalue weighted by molar-refractivity contribution is 1.03. The van der Waals surface area contributed by atoms with Crippen molar-refractivity contribution < 1.29 is 0 Å². The van der Waals surface area contributed by atoms with Gasteiger partial charge in [0.25, 0.3) is 0 Å². The van der Waals surface area contributed by atoms with Crippen LogP contribution in [0.3, 0.4) is 0 Å². The van der Waals surface area contributed by atoms with E-state index in [1.807, 2.05) is 36.4 Å². The van der Waals surface area contributed by atoms with Crippen molar-refractivity contribution in [3.05, 3.63) is 95.3 Å². The average Bonchev–Trinajstić information content (AvgIpc) is 2.83. The van der Waals surface area contributed by atoms with E-state index in [2.05, 4.69) is 46.7 Å². The molecule has 4 nitrogen and oxygen atoms in total. The van der Waals surface area contributed by atoms with Gasteiger partial charge in [-0.25, -0.2) is 4.99 Å². The van der Waals surface area contributed by atoms with Gasteiger partial charge >= 0.3 is 0 Å². The van der Waals surface area contributed by atoms with Crippen LogP contribution in [0.2, 0.25) is 0 Å². The summed E-state index contributed by atoms with van der Waals surface area (Å²) >= 11 is 0. The molecule has 1 aromatic heterocycles. The van der Waals surface area contributed by atoms with Gasteiger partial charge < -0.3 is 0 Å². The molecule has 0 bridgehead atoms. The fourth-order valence-corrected chi connectivity index (χ4v) is 2.65. The highest BCUT2D eigenvalue weighted by Gasteiger charge is 2.16. The zero-order valence-electron chi connectivity index (χ0n) is 13.3. The van der Waals surface area contributed by atoms with Crippen molar-refractivity contribution in [2.75, 3.05) is 0 Å². The standard InChI is InChI=1S/C20H16N4/c1-14-8-10-15(11-9-14)19-17-6-2-3-7-18(17)22-20(24-23-19)16-5-4-12-21-13-16/h2-13H,1H3,(H,22,24). The number of hydrazone groups is 1. The molecule has 1 aliphatic heterocycles. The van der Waals surface area contributed by atoms with Crippen molar-refractivity contribution >= 4 is 17.2 Å². The van der Waals surface area contributed by atoms with Gasteiger partial charge in [0.05, 0.1) is 11.4 Å². The number of rotatable bonds is 2. The first-order chi connectivity index (χ1) is 11.8. The van der Waals surface area contributed by atoms with Crippen LogP contribution in [0, 0.1) is 6.92 Å². The molecule has 0 atom stereocenters. The van der Waals surface area contributed by atoms with Crippen molar-refractivity contribution in [1.82, 2.24) is 10.4 Å². The second-order valence-corrected chi connectivity index (χ2v) is 5.66. The second kappa shape index (κ2) is 6.08. The summed E-state index contributed by atoms with van der Waals surface area (Å²) in [5, 5.41) is 4.63. The van der Waals surface area contributed by atoms with E-state index >= 15 is 0 Å². The van der Waals surface area contributed by atoms with Gasteiger partial charge in [-0.05, 0) is 25.1 Å². The van der Waals surface area contributed by atoms with Gasteiger partial charge in [0.15, 0.2) is 5.84 Å². The first-order valence-corrected chi connectivity index (χ1v) is 7.80. The maximum Gasteiger partial charge on any atom is 0.155 e. The summed E-state index contributed by atoms with van der Waals surface area (Å²) in [7, 11) is 0. The first-order valence-electron chi connectivity index (χ1n) is 7.80. The number of fused-ring (bicyclic) bond motifs is 1. The van der Waals surface area contributed by atoms with Gasteiger partial charge in [-0.1, -0.05) is 48.0 Å². The molecule has 0 radical (unpaired) electrons. The van der Waals surface area contributed by atoms with Crippen LogP contribution in [-0.2, 0) is 0 Å². The van der Waals surface area contributed by atoms with Crippen LogP contribution in [0.15, 0.2) is 83.2 Å². The summed E-state index contributed by atoms with van der Waals surface area (Å²) in [6.07, 6.45) is 3.52. The number of amidine groups is 1. The molecule has 4 heteroatoms. The number of aryl methyl sites for hydroxylation is 1. The summed E-state index contributed by atoms with van der Waals surface area (Å²) in [4.78, 5) is 8.92. The lowest BCUT2D eigenvalue weighted by Gasteiger charge is -2.07. The Balaban J connectivity index is 1.85. The molecule has 0 amide bonds. The van der Waals surface area contributed by atoms with Gasteiger partial charge in [-0.2, -0.15) is 5.10 Å². The molecule has 0 saturated heterocycles. The molecule has 0 spiro atoms. The Hall–Kier alpha value is -3.27. The van der Waals surface area contributed by atoms with Crippen LogP contribution >= 0.6 is 0 Å². The lowest BCUT2D eigenvalue weighted by atomic mass is 10.00. The number of hydrogen-bond donors (Lipinski definition) is 1. The zero-order chi connectivity index (χ0) is 16.4. The Morgan fingerprint density at radius 2 is 1.67 bits per heavy atom. The molecule has 0 unspecified atom stereocenters. The number of aromatic nitrogens is 1. The molecule has 1 N–H and O–H groups in total. The highest BCUT2D eigenvalue weighted by atomic mass is 15.3. The Labute approximate surface area is 140 Å². The summed E-state index contributed by atoms with van der Waals surface area (Å²) < 4.78 is 0. The van der Waals surface area contributed by atoms with Crippen LogP contribution in [0.1, 0.15) is 22.3 Å². The largest absolute Gasteiger partial charge is 0.264 e. The highest BCUT2D eigenvalue weighted by molar-refractivity contribution is 6.17. The number of pyridine rings is 1. The number of para-hydroxylation sites is 1. The summed E-state index contributed by atoms with van der Waals surface area (Å²) in [6.45, 7) is 2.08. The van der Waals surface area contributed by atoms with Crippen molar-refractivity contribution in [3.8, 4) is 0 Å². The number of nitrogens with zero attached hydrogens (tertiary/aromatic N) is 3. The number of aliphatic imine (C=N–C) groups is 1. The molecule has 0 saturated carbocycles. The van der Waals surface area contributed by atoms with Crippen LogP contribution < -0.4 is 5.43 Å². The van der Waals surface area contributed by atoms with Crippen molar-refractivity contribution in [2.24, 2.45) is 10.1 Å². The van der Waals surface area contributed by atoms with E-state index in [-0.39, 0.29) is 0 Å². The molecule has 4 rings (SSSR count). The lowest BCUT2D eigenvalue weighted by Crippen LogP contribution is -2.19. The van der Waals surface area contributed by atoms with E-state index in [1.165, 1.54) is 5.56 Å². The van der Waals surface area contributed by atoms with Crippen molar-refractivity contribution in [1.29, 1.82) is 0 Å². The molecule has 2 aromatic carbocycles. The minimum Gasteiger partial charge on any atom is -0.264 e. The second-order valence-electron chi connectivity index (χ2n) is 5.66. The Kier molecular flexibility index (Phi) is 3.63. The topological polar surface area (TPSA) is 49.6 Å². The van der Waals surface area contributed by atoms with E-state index in [0.717, 1.165) is 28.1 Å². The predicted octanol–water partition coefficient (Wildman–Crippen LogP) is 3.82. The number of hydrogen-bond acceptors (Lipinski definition) is 4. The summed E-state index contributed by atoms with van der Waals surface area (Å²) in [5.74, 6) is 0.692. The molecule has 0 fully saturated rings. The monoisotopic (exact) mass is 312 g/mol. The quantitative estimate of drug-likeness (QED) is 0.782. The van der Waals surface area contributed by atoms with Crippen molar-refractivity contribution in [3.63, 3.8) is 0 Å². The average molecular weight is 312 g/mol. The van der Waals surface area contributed by atoms with Crippen molar-refractivity contribution in [2.45, 2.75) is 6.92 Å². The normalized spacial score (nSPS) is 13.2. The van der Waals surface area contributed by atoms with E-state index in [0.29, 0.717) is 5.84 Å². The number of nitrogens with one attached hydrogen (secondary N) is 1. The fourth-order valence-electron chi connectivity index (χ4n) is 2.65. The molecule has 0 aliphatic carbocycles. The highest BCUT2D eigenvalue weighted by Crippen LogP contribution is 2.25. The fraction of sp³-hybridized carbons (Fsp3) is 0.0500. The van der Waals surface area contributed by atoms with Gasteiger partial charge in [0, 0.05) is 29.1 Å². The maximum atomic E-state index is 4.75. The first kappa shape index (κ1) is 14.3. The summed E-state index contributed by atoms with van der Waals surface area (Å²) in [6, 6.07) is 20.3. The van der Waals surface area contributed by atoms with Crippen LogP contribution in [0.4, 0.5) is 5.69 Å². The molecule has 3 aromatic rings. The van der Waals surface area contributed by atoms with E-state index in [9.17, 15) is 0 Å². The zero-order valence-corrected chi connectivity index (χ0v) is 13.3. The smallest absolute Gasteiger partial charge is 0.155 e. The minimum atomic E-state index is 0.692. The molecule has 24 heavy (non-hydrogen) atoms. The Morgan fingerprint density at radius 1 is 0.833 bits per heavy atom. The minimum absolute atomic E-state index is 0.692. The number of benzene rings is 2. The third-order valence-electron chi connectivity index (χ3n) is 3.93. The van der Waals surface area contributed by atoms with Crippen LogP contribution in [0.5, 0.6) is 0 Å². The Bertz CT molecular complexity index is 925. The van der Waals surface area contributed by atoms with E-state index in [4.69, 9.17) is 4.99 Å². The molecule has 1 aliphatic rings. The van der Waals surface area contributed by atoms with Gasteiger partial charge in [0.2, 0.25) is 0 Å². The molecular weight excluding hydrogens is 296 g/mol. The van der Waals surface area contributed by atoms with Gasteiger partial charge in [0.1, 0.15) is 0 Å². The van der Waals surface area contributed by atoms with E-state index in [1.54, 1.807) is 12.4 Å². The van der Waals surface area contributed by atoms with Crippen LogP contribution in [-0.4, -0.2) is 16.5 Å². The van der Waals surface area contributed by atoms with Gasteiger partial charge in [-0.3, -0.25) is 10.4 Å². The molecule has 116 valence electrons. The molecular formula is C20H16N4. The summed E-state index contributed by atoms with van der Waals surface area (Å²) in [5.41, 5.74) is 9.07. The third-order valence-corrected chi connectivity index (χ3v) is 3.93. The third kappa shape index (κ3) is 2.70.